The number of esters is 2. The molecule has 0 radical (unpaired) electrons. The number of pyridine rings is 1. The molecule has 1 aromatic carbocycles. The highest BCUT2D eigenvalue weighted by molar-refractivity contribution is 6.42. The molecule has 0 aliphatic carbocycles. The number of nitrogens with zero attached hydrogens (tertiary/aromatic N) is 2. The Kier molecular flexibility index (Phi) is 12.4. The van der Waals surface area contributed by atoms with Gasteiger partial charge in [0.25, 0.3) is 0 Å². The molecule has 0 saturated heterocycles. The molecule has 11 heteroatoms. The summed E-state index contributed by atoms with van der Waals surface area (Å²) in [6.45, 7) is 6.12. The normalized spacial score (nSPS) is 17.1. The van der Waals surface area contributed by atoms with Gasteiger partial charge in [0.15, 0.2) is 0 Å². The molecule has 0 spiro atoms. The van der Waals surface area contributed by atoms with Crippen LogP contribution in [0.4, 0.5) is 0 Å². The standard InChI is InChI=1S/C28H33Cl2N3O6/c1-4-39-28(35)25-22(17-38-15-14-37-13-12-32-16-19-8-10-31-11-9-19)33-18(2)23(27(34)36-3)24(25)20-6-5-7-21(29)26(20)30/h5-11,23-24,32H,4,12-17H2,1-3H3. The molecule has 9 nitrogen and oxygen atoms in total. The van der Waals surface area contributed by atoms with Gasteiger partial charge in [0.1, 0.15) is 5.92 Å². The molecule has 1 aliphatic rings. The van der Waals surface area contributed by atoms with Gasteiger partial charge in [-0.3, -0.25) is 14.8 Å². The topological polar surface area (TPSA) is 108 Å². The number of ether oxygens (including phenoxy) is 4. The molecule has 210 valence electrons. The summed E-state index contributed by atoms with van der Waals surface area (Å²) >= 11 is 12.9. The van der Waals surface area contributed by atoms with E-state index in [4.69, 9.17) is 42.1 Å². The summed E-state index contributed by atoms with van der Waals surface area (Å²) in [5.74, 6) is -2.87. The van der Waals surface area contributed by atoms with Gasteiger partial charge in [0.2, 0.25) is 0 Å². The predicted octanol–water partition coefficient (Wildman–Crippen LogP) is 4.38. The van der Waals surface area contributed by atoms with Crippen molar-refractivity contribution >= 4 is 40.9 Å². The number of rotatable bonds is 14. The zero-order chi connectivity index (χ0) is 28.2. The smallest absolute Gasteiger partial charge is 0.336 e. The van der Waals surface area contributed by atoms with Gasteiger partial charge < -0.3 is 24.3 Å². The van der Waals surface area contributed by atoms with E-state index in [0.29, 0.717) is 41.8 Å². The minimum Gasteiger partial charge on any atom is -0.468 e. The van der Waals surface area contributed by atoms with Crippen LogP contribution in [0.2, 0.25) is 10.0 Å². The number of aliphatic imine (C=N–C) groups is 1. The van der Waals surface area contributed by atoms with Gasteiger partial charge in [0, 0.05) is 37.1 Å². The van der Waals surface area contributed by atoms with Crippen LogP contribution in [-0.4, -0.2) is 69.3 Å². The first kappa shape index (κ1) is 30.7. The fourth-order valence-corrected chi connectivity index (χ4v) is 4.71. The van der Waals surface area contributed by atoms with Crippen molar-refractivity contribution in [3.63, 3.8) is 0 Å². The molecule has 0 bridgehead atoms. The predicted molar refractivity (Wildman–Crippen MR) is 149 cm³/mol. The van der Waals surface area contributed by atoms with E-state index < -0.39 is 23.8 Å². The molecule has 1 aromatic heterocycles. The summed E-state index contributed by atoms with van der Waals surface area (Å²) < 4.78 is 21.9. The average Bonchev–Trinajstić information content (AvgIpc) is 2.93. The highest BCUT2D eigenvalue weighted by atomic mass is 35.5. The molecular weight excluding hydrogens is 545 g/mol. The Morgan fingerprint density at radius 3 is 2.51 bits per heavy atom. The quantitative estimate of drug-likeness (QED) is 0.260. The second-order valence-electron chi connectivity index (χ2n) is 8.65. The molecule has 39 heavy (non-hydrogen) atoms. The molecule has 2 heterocycles. The monoisotopic (exact) mass is 577 g/mol. The third-order valence-corrected chi connectivity index (χ3v) is 6.93. The average molecular weight is 578 g/mol. The van der Waals surface area contributed by atoms with Gasteiger partial charge >= 0.3 is 11.9 Å². The highest BCUT2D eigenvalue weighted by Gasteiger charge is 2.44. The van der Waals surface area contributed by atoms with E-state index in [1.807, 2.05) is 12.1 Å². The van der Waals surface area contributed by atoms with E-state index in [-0.39, 0.29) is 30.4 Å². The Balaban J connectivity index is 1.69. The van der Waals surface area contributed by atoms with E-state index in [1.54, 1.807) is 44.4 Å². The van der Waals surface area contributed by atoms with Crippen LogP contribution in [0.1, 0.15) is 30.9 Å². The lowest BCUT2D eigenvalue weighted by molar-refractivity contribution is -0.144. The molecule has 0 fully saturated rings. The number of carbonyl (C=O) groups excluding carboxylic acids is 2. The number of aromatic nitrogens is 1. The van der Waals surface area contributed by atoms with E-state index in [2.05, 4.69) is 15.3 Å². The Labute approximate surface area is 238 Å². The summed E-state index contributed by atoms with van der Waals surface area (Å²) in [6.07, 6.45) is 3.51. The van der Waals surface area contributed by atoms with Crippen LogP contribution in [0.15, 0.2) is 59.0 Å². The molecule has 2 unspecified atom stereocenters. The lowest BCUT2D eigenvalue weighted by Crippen LogP contribution is -2.37. The molecule has 1 N–H and O–H groups in total. The second-order valence-corrected chi connectivity index (χ2v) is 9.44. The lowest BCUT2D eigenvalue weighted by atomic mass is 9.75. The summed E-state index contributed by atoms with van der Waals surface area (Å²) in [7, 11) is 1.29. The minimum atomic E-state index is -0.892. The summed E-state index contributed by atoms with van der Waals surface area (Å²) in [6, 6.07) is 8.98. The van der Waals surface area contributed by atoms with Crippen molar-refractivity contribution in [3.05, 3.63) is 75.2 Å². The minimum absolute atomic E-state index is 0.0116. The third-order valence-electron chi connectivity index (χ3n) is 6.10. The van der Waals surface area contributed by atoms with Crippen LogP contribution in [0, 0.1) is 5.92 Å². The number of hydrogen-bond donors (Lipinski definition) is 1. The van der Waals surface area contributed by atoms with E-state index in [0.717, 1.165) is 12.1 Å². The summed E-state index contributed by atoms with van der Waals surface area (Å²) in [4.78, 5) is 34.7. The zero-order valence-corrected chi connectivity index (χ0v) is 23.8. The van der Waals surface area contributed by atoms with Crippen LogP contribution in [0.3, 0.4) is 0 Å². The fourth-order valence-electron chi connectivity index (χ4n) is 4.29. The van der Waals surface area contributed by atoms with Crippen molar-refractivity contribution in [1.29, 1.82) is 0 Å². The van der Waals surface area contributed by atoms with Crippen LogP contribution < -0.4 is 5.32 Å². The Bertz CT molecular complexity index is 1190. The molecule has 0 amide bonds. The van der Waals surface area contributed by atoms with Crippen molar-refractivity contribution in [2.24, 2.45) is 10.9 Å². The van der Waals surface area contributed by atoms with E-state index >= 15 is 0 Å². The highest BCUT2D eigenvalue weighted by Crippen LogP contribution is 2.44. The Morgan fingerprint density at radius 2 is 1.79 bits per heavy atom. The van der Waals surface area contributed by atoms with Crippen molar-refractivity contribution in [3.8, 4) is 0 Å². The van der Waals surface area contributed by atoms with Gasteiger partial charge in [-0.05, 0) is 43.2 Å². The Hall–Kier alpha value is -2.82. The van der Waals surface area contributed by atoms with Crippen LogP contribution in [0.25, 0.3) is 0 Å². The van der Waals surface area contributed by atoms with Crippen LogP contribution in [0.5, 0.6) is 0 Å². The number of carbonyl (C=O) groups is 2. The van der Waals surface area contributed by atoms with Crippen molar-refractivity contribution in [1.82, 2.24) is 10.3 Å². The van der Waals surface area contributed by atoms with Crippen LogP contribution >= 0.6 is 23.2 Å². The van der Waals surface area contributed by atoms with Gasteiger partial charge in [0.05, 0.1) is 61.5 Å². The largest absolute Gasteiger partial charge is 0.468 e. The van der Waals surface area contributed by atoms with Gasteiger partial charge in [-0.2, -0.15) is 0 Å². The van der Waals surface area contributed by atoms with E-state index in [1.165, 1.54) is 7.11 Å². The maximum absolute atomic E-state index is 13.2. The lowest BCUT2D eigenvalue weighted by Gasteiger charge is -2.32. The molecule has 2 atom stereocenters. The fraction of sp³-hybridized carbons (Fsp3) is 0.429. The SMILES string of the molecule is CCOC(=O)C1=C(COCCOCCNCc2ccncc2)N=C(C)C(C(=O)OC)C1c1cccc(Cl)c1Cl. The van der Waals surface area contributed by atoms with Crippen molar-refractivity contribution in [2.45, 2.75) is 26.3 Å². The van der Waals surface area contributed by atoms with Crippen molar-refractivity contribution < 1.29 is 28.5 Å². The van der Waals surface area contributed by atoms with Gasteiger partial charge in [-0.1, -0.05) is 35.3 Å². The molecule has 0 saturated carbocycles. The number of halogens is 2. The zero-order valence-electron chi connectivity index (χ0n) is 22.2. The number of hydrogen-bond acceptors (Lipinski definition) is 9. The molecule has 1 aliphatic heterocycles. The summed E-state index contributed by atoms with van der Waals surface area (Å²) in [5, 5.41) is 3.83. The third kappa shape index (κ3) is 8.33. The maximum atomic E-state index is 13.2. The van der Waals surface area contributed by atoms with Crippen LogP contribution in [-0.2, 0) is 35.1 Å². The number of methoxy groups -OCH3 is 1. The maximum Gasteiger partial charge on any atom is 0.336 e. The second kappa shape index (κ2) is 15.7. The molecule has 3 rings (SSSR count). The Morgan fingerprint density at radius 1 is 1.05 bits per heavy atom. The van der Waals surface area contributed by atoms with Gasteiger partial charge in [-0.15, -0.1) is 0 Å². The first-order chi connectivity index (χ1) is 18.9. The summed E-state index contributed by atoms with van der Waals surface area (Å²) in [5.41, 5.74) is 2.64. The molecule has 2 aromatic rings. The number of nitrogens with one attached hydrogen (secondary N) is 1. The van der Waals surface area contributed by atoms with Crippen molar-refractivity contribution in [2.75, 3.05) is 46.7 Å². The first-order valence-electron chi connectivity index (χ1n) is 12.6. The number of benzene rings is 1. The van der Waals surface area contributed by atoms with Gasteiger partial charge in [-0.25, -0.2) is 4.79 Å². The molecular formula is C28H33Cl2N3O6. The van der Waals surface area contributed by atoms with E-state index in [9.17, 15) is 9.59 Å². The first-order valence-corrected chi connectivity index (χ1v) is 13.4.